The molecule has 0 saturated carbocycles. The molecule has 2 amide bonds. The van der Waals surface area contributed by atoms with Crippen LogP contribution in [-0.4, -0.2) is 60.9 Å². The first-order valence-corrected chi connectivity index (χ1v) is 9.61. The molecule has 2 aliphatic rings. The van der Waals surface area contributed by atoms with E-state index >= 15 is 0 Å². The van der Waals surface area contributed by atoms with Crippen molar-refractivity contribution in [1.82, 2.24) is 9.80 Å². The molecule has 0 N–H and O–H groups in total. The van der Waals surface area contributed by atoms with E-state index in [2.05, 4.69) is 29.2 Å². The lowest BCUT2D eigenvalue weighted by Gasteiger charge is -2.35. The zero-order chi connectivity index (χ0) is 18.6. The van der Waals surface area contributed by atoms with Crippen molar-refractivity contribution < 1.29 is 9.59 Å². The van der Waals surface area contributed by atoms with Gasteiger partial charge in [0.1, 0.15) is 6.54 Å². The van der Waals surface area contributed by atoms with E-state index in [1.165, 1.54) is 5.56 Å². The van der Waals surface area contributed by atoms with E-state index in [1.54, 1.807) is 9.80 Å². The summed E-state index contributed by atoms with van der Waals surface area (Å²) in [4.78, 5) is 30.9. The molecule has 4 rings (SSSR count). The SMILES string of the molecule is O=C(CN1CC[C@H](c2ccccc2)C1)N1CCN(c2ccccc2)C(=O)C1. The molecule has 2 saturated heterocycles. The van der Waals surface area contributed by atoms with Gasteiger partial charge in [-0.25, -0.2) is 0 Å². The van der Waals surface area contributed by atoms with E-state index in [-0.39, 0.29) is 18.4 Å². The van der Waals surface area contributed by atoms with Crippen LogP contribution in [0.1, 0.15) is 17.9 Å². The molecule has 2 aromatic rings. The Morgan fingerprint density at radius 1 is 0.926 bits per heavy atom. The van der Waals surface area contributed by atoms with Crippen molar-refractivity contribution in [3.05, 3.63) is 66.2 Å². The smallest absolute Gasteiger partial charge is 0.246 e. The third-order valence-corrected chi connectivity index (χ3v) is 5.54. The monoisotopic (exact) mass is 363 g/mol. The van der Waals surface area contributed by atoms with Gasteiger partial charge in [0.2, 0.25) is 11.8 Å². The van der Waals surface area contributed by atoms with E-state index < -0.39 is 0 Å². The Morgan fingerprint density at radius 2 is 1.63 bits per heavy atom. The number of nitrogens with zero attached hydrogens (tertiary/aromatic N) is 3. The number of hydrogen-bond acceptors (Lipinski definition) is 3. The van der Waals surface area contributed by atoms with Crippen molar-refractivity contribution in [2.24, 2.45) is 0 Å². The number of rotatable bonds is 4. The summed E-state index contributed by atoms with van der Waals surface area (Å²) in [5, 5.41) is 0. The predicted octanol–water partition coefficient (Wildman–Crippen LogP) is 2.35. The lowest BCUT2D eigenvalue weighted by Crippen LogP contribution is -2.54. The van der Waals surface area contributed by atoms with Crippen molar-refractivity contribution in [2.75, 3.05) is 44.2 Å². The lowest BCUT2D eigenvalue weighted by atomic mass is 9.99. The number of amides is 2. The zero-order valence-electron chi connectivity index (χ0n) is 15.5. The normalized spacial score (nSPS) is 20.9. The maximum absolute atomic E-state index is 12.7. The Balaban J connectivity index is 1.30. The predicted molar refractivity (Wildman–Crippen MR) is 106 cm³/mol. The topological polar surface area (TPSA) is 43.9 Å². The second-order valence-corrected chi connectivity index (χ2v) is 7.33. The minimum atomic E-state index is -0.00983. The van der Waals surface area contributed by atoms with Crippen LogP contribution in [-0.2, 0) is 9.59 Å². The second-order valence-electron chi connectivity index (χ2n) is 7.33. The molecule has 0 bridgehead atoms. The number of carbonyl (C=O) groups is 2. The van der Waals surface area contributed by atoms with Crippen molar-refractivity contribution >= 4 is 17.5 Å². The summed E-state index contributed by atoms with van der Waals surface area (Å²) in [6.45, 7) is 3.57. The molecule has 0 aromatic heterocycles. The molecule has 5 nitrogen and oxygen atoms in total. The first kappa shape index (κ1) is 17.7. The van der Waals surface area contributed by atoms with Gasteiger partial charge in [0.15, 0.2) is 0 Å². The summed E-state index contributed by atoms with van der Waals surface area (Å²) in [7, 11) is 0. The van der Waals surface area contributed by atoms with Crippen LogP contribution < -0.4 is 4.90 Å². The molecule has 1 atom stereocenters. The van der Waals surface area contributed by atoms with Crippen LogP contribution in [0.3, 0.4) is 0 Å². The van der Waals surface area contributed by atoms with Crippen molar-refractivity contribution in [1.29, 1.82) is 0 Å². The maximum atomic E-state index is 12.7. The zero-order valence-corrected chi connectivity index (χ0v) is 15.5. The average molecular weight is 363 g/mol. The number of benzene rings is 2. The molecule has 5 heteroatoms. The molecule has 0 radical (unpaired) electrons. The van der Waals surface area contributed by atoms with Crippen molar-refractivity contribution in [3.63, 3.8) is 0 Å². The minimum absolute atomic E-state index is 0.00983. The number of carbonyl (C=O) groups excluding carboxylic acids is 2. The van der Waals surface area contributed by atoms with Gasteiger partial charge in [0.05, 0.1) is 6.54 Å². The van der Waals surface area contributed by atoms with Gasteiger partial charge in [-0.1, -0.05) is 48.5 Å². The number of piperazine rings is 1. The summed E-state index contributed by atoms with van der Waals surface area (Å²) >= 11 is 0. The Labute approximate surface area is 160 Å². The lowest BCUT2D eigenvalue weighted by molar-refractivity contribution is -0.137. The molecule has 140 valence electrons. The molecule has 2 aromatic carbocycles. The van der Waals surface area contributed by atoms with E-state index in [1.807, 2.05) is 36.4 Å². The molecular formula is C22H25N3O2. The van der Waals surface area contributed by atoms with Crippen LogP contribution in [0.15, 0.2) is 60.7 Å². The highest BCUT2D eigenvalue weighted by Crippen LogP contribution is 2.27. The highest BCUT2D eigenvalue weighted by atomic mass is 16.2. The maximum Gasteiger partial charge on any atom is 0.246 e. The van der Waals surface area contributed by atoms with E-state index in [0.29, 0.717) is 25.6 Å². The average Bonchev–Trinajstić information content (AvgIpc) is 3.18. The molecule has 0 spiro atoms. The van der Waals surface area contributed by atoms with Crippen LogP contribution >= 0.6 is 0 Å². The van der Waals surface area contributed by atoms with E-state index in [9.17, 15) is 9.59 Å². The van der Waals surface area contributed by atoms with Crippen molar-refractivity contribution in [3.8, 4) is 0 Å². The van der Waals surface area contributed by atoms with Crippen LogP contribution in [0.2, 0.25) is 0 Å². The fraction of sp³-hybridized carbons (Fsp3) is 0.364. The summed E-state index contributed by atoms with van der Waals surface area (Å²) in [5.41, 5.74) is 2.25. The van der Waals surface area contributed by atoms with Crippen LogP contribution in [0.5, 0.6) is 0 Å². The first-order valence-electron chi connectivity index (χ1n) is 9.61. The van der Waals surface area contributed by atoms with Gasteiger partial charge < -0.3 is 9.80 Å². The Kier molecular flexibility index (Phi) is 5.21. The van der Waals surface area contributed by atoms with Gasteiger partial charge in [-0.15, -0.1) is 0 Å². The molecule has 2 aliphatic heterocycles. The molecule has 2 fully saturated rings. The fourth-order valence-corrected chi connectivity index (χ4v) is 4.03. The first-order chi connectivity index (χ1) is 13.2. The second kappa shape index (κ2) is 7.92. The molecule has 0 aliphatic carbocycles. The molecule has 27 heavy (non-hydrogen) atoms. The summed E-state index contributed by atoms with van der Waals surface area (Å²) in [6.07, 6.45) is 1.08. The quantitative estimate of drug-likeness (QED) is 0.838. The Hall–Kier alpha value is -2.66. The third kappa shape index (κ3) is 4.03. The fourth-order valence-electron chi connectivity index (χ4n) is 4.03. The van der Waals surface area contributed by atoms with E-state index in [4.69, 9.17) is 0 Å². The number of likely N-dealkylation sites (tertiary alicyclic amines) is 1. The van der Waals surface area contributed by atoms with Gasteiger partial charge in [-0.3, -0.25) is 14.5 Å². The molecule has 2 heterocycles. The summed E-state index contributed by atoms with van der Waals surface area (Å²) in [5.74, 6) is 0.546. The summed E-state index contributed by atoms with van der Waals surface area (Å²) in [6, 6.07) is 20.2. The largest absolute Gasteiger partial charge is 0.330 e. The highest BCUT2D eigenvalue weighted by molar-refractivity contribution is 5.98. The molecular weight excluding hydrogens is 338 g/mol. The minimum Gasteiger partial charge on any atom is -0.330 e. The van der Waals surface area contributed by atoms with Crippen LogP contribution in [0, 0.1) is 0 Å². The van der Waals surface area contributed by atoms with Crippen molar-refractivity contribution in [2.45, 2.75) is 12.3 Å². The van der Waals surface area contributed by atoms with Crippen LogP contribution in [0.25, 0.3) is 0 Å². The standard InChI is InChI=1S/C22H25N3O2/c26-21(16-23-12-11-19(15-23)18-7-3-1-4-8-18)24-13-14-25(22(27)17-24)20-9-5-2-6-10-20/h1-10,19H,11-17H2/t19-/m0/s1. The van der Waals surface area contributed by atoms with Crippen LogP contribution in [0.4, 0.5) is 5.69 Å². The Bertz CT molecular complexity index is 794. The Morgan fingerprint density at radius 3 is 2.33 bits per heavy atom. The summed E-state index contributed by atoms with van der Waals surface area (Å²) < 4.78 is 0. The number of hydrogen-bond donors (Lipinski definition) is 0. The van der Waals surface area contributed by atoms with Gasteiger partial charge in [-0.05, 0) is 36.6 Å². The van der Waals surface area contributed by atoms with Gasteiger partial charge in [0, 0.05) is 25.3 Å². The third-order valence-electron chi connectivity index (χ3n) is 5.54. The van der Waals surface area contributed by atoms with E-state index in [0.717, 1.165) is 25.2 Å². The van der Waals surface area contributed by atoms with Gasteiger partial charge in [-0.2, -0.15) is 0 Å². The molecule has 0 unspecified atom stereocenters. The van der Waals surface area contributed by atoms with Gasteiger partial charge in [0.25, 0.3) is 0 Å². The highest BCUT2D eigenvalue weighted by Gasteiger charge is 2.31. The number of anilines is 1. The number of para-hydroxylation sites is 1. The van der Waals surface area contributed by atoms with Gasteiger partial charge >= 0.3 is 0 Å².